The molecule has 0 saturated heterocycles. The summed E-state index contributed by atoms with van der Waals surface area (Å²) in [7, 11) is 3.14. The zero-order valence-electron chi connectivity index (χ0n) is 23.5. The lowest BCUT2D eigenvalue weighted by molar-refractivity contribution is -0.153. The summed E-state index contributed by atoms with van der Waals surface area (Å²) in [5, 5.41) is 46.0. The average molecular weight is 566 g/mol. The topological polar surface area (TPSA) is 178 Å². The third kappa shape index (κ3) is 4.10. The number of rotatable bonds is 7. The highest BCUT2D eigenvalue weighted by Crippen LogP contribution is 2.54. The summed E-state index contributed by atoms with van der Waals surface area (Å²) in [4.78, 5) is 43.2. The third-order valence-electron chi connectivity index (χ3n) is 8.92. The molecule has 1 fully saturated rings. The van der Waals surface area contributed by atoms with E-state index in [0.29, 0.717) is 17.7 Å². The fraction of sp³-hybridized carbons (Fsp3) is 0.433. The van der Waals surface area contributed by atoms with E-state index in [0.717, 1.165) is 24.2 Å². The summed E-state index contributed by atoms with van der Waals surface area (Å²) in [6.07, 6.45) is 3.31. The Morgan fingerprint density at radius 1 is 1.17 bits per heavy atom. The van der Waals surface area contributed by atoms with E-state index in [2.05, 4.69) is 4.90 Å². The van der Waals surface area contributed by atoms with E-state index in [9.17, 15) is 34.8 Å². The molecule has 2 aromatic rings. The van der Waals surface area contributed by atoms with E-state index >= 15 is 0 Å². The van der Waals surface area contributed by atoms with Crippen LogP contribution in [0.3, 0.4) is 0 Å². The molecule has 1 amide bonds. The highest BCUT2D eigenvalue weighted by molar-refractivity contribution is 6.24. The van der Waals surface area contributed by atoms with Crippen molar-refractivity contribution in [3.8, 4) is 16.9 Å². The molecule has 6 N–H and O–H groups in total. The van der Waals surface area contributed by atoms with E-state index in [-0.39, 0.29) is 29.7 Å². The maximum absolute atomic E-state index is 14.1. The van der Waals surface area contributed by atoms with E-state index in [1.165, 1.54) is 11.2 Å². The zero-order valence-corrected chi connectivity index (χ0v) is 23.5. The largest absolute Gasteiger partial charge is 0.508 e. The van der Waals surface area contributed by atoms with Gasteiger partial charge in [0, 0.05) is 29.2 Å². The first-order valence-electron chi connectivity index (χ1n) is 13.7. The maximum Gasteiger partial charge on any atom is 0.255 e. The van der Waals surface area contributed by atoms with Gasteiger partial charge in [0.2, 0.25) is 5.78 Å². The molecule has 0 spiro atoms. The molecule has 0 unspecified atom stereocenters. The number of phenols is 1. The lowest BCUT2D eigenvalue weighted by atomic mass is 9.57. The SMILES string of the molecule is CCN(CC)Cc1cc(-c2ccoc2)c2c(c1O)C(O)=C1C(=O)[C@@]3(O)C(O)=C(C(N)=O)C(=O)[C@H](N(C)C)[C@H]3C[C@H]1C2. The molecule has 11 heteroatoms. The second-order valence-corrected chi connectivity index (χ2v) is 11.2. The minimum absolute atomic E-state index is 0.0263. The number of hydrogen-bond donors (Lipinski definition) is 5. The molecule has 4 atom stereocenters. The summed E-state index contributed by atoms with van der Waals surface area (Å²) in [5.74, 6) is -6.67. The van der Waals surface area contributed by atoms with Crippen molar-refractivity contribution in [3.63, 3.8) is 0 Å². The van der Waals surface area contributed by atoms with Crippen LogP contribution in [0.25, 0.3) is 16.9 Å². The number of benzene rings is 1. The van der Waals surface area contributed by atoms with Gasteiger partial charge < -0.3 is 30.6 Å². The third-order valence-corrected chi connectivity index (χ3v) is 8.92. The van der Waals surface area contributed by atoms with Gasteiger partial charge in [0.15, 0.2) is 11.4 Å². The monoisotopic (exact) mass is 565 g/mol. The smallest absolute Gasteiger partial charge is 0.255 e. The second kappa shape index (κ2) is 10.2. The van der Waals surface area contributed by atoms with Crippen LogP contribution in [0.5, 0.6) is 5.75 Å². The van der Waals surface area contributed by atoms with Gasteiger partial charge in [0.25, 0.3) is 5.91 Å². The van der Waals surface area contributed by atoms with Crippen LogP contribution >= 0.6 is 0 Å². The van der Waals surface area contributed by atoms with Gasteiger partial charge in [-0.2, -0.15) is 0 Å². The number of nitrogens with two attached hydrogens (primary N) is 1. The Morgan fingerprint density at radius 3 is 2.41 bits per heavy atom. The molecule has 1 heterocycles. The summed E-state index contributed by atoms with van der Waals surface area (Å²) in [6, 6.07) is 2.49. The Bertz CT molecular complexity index is 1500. The molecule has 0 aliphatic heterocycles. The van der Waals surface area contributed by atoms with Crippen molar-refractivity contribution in [2.75, 3.05) is 27.2 Å². The van der Waals surface area contributed by atoms with Crippen LogP contribution in [0, 0.1) is 11.8 Å². The first kappa shape index (κ1) is 28.6. The molecule has 3 aliphatic rings. The van der Waals surface area contributed by atoms with Crippen LogP contribution in [0.1, 0.15) is 37.0 Å². The molecule has 11 nitrogen and oxygen atoms in total. The number of likely N-dealkylation sites (N-methyl/N-ethyl adjacent to an activating group) is 1. The second-order valence-electron chi connectivity index (χ2n) is 11.2. The van der Waals surface area contributed by atoms with Gasteiger partial charge in [-0.3, -0.25) is 24.2 Å². The predicted octanol–water partition coefficient (Wildman–Crippen LogP) is 2.07. The number of amides is 1. The highest BCUT2D eigenvalue weighted by Gasteiger charge is 2.64. The van der Waals surface area contributed by atoms with Crippen molar-refractivity contribution in [2.24, 2.45) is 17.6 Å². The van der Waals surface area contributed by atoms with Crippen LogP contribution in [0.2, 0.25) is 0 Å². The Labute approximate surface area is 237 Å². The fourth-order valence-electron chi connectivity index (χ4n) is 6.85. The van der Waals surface area contributed by atoms with Gasteiger partial charge in [0.05, 0.1) is 24.1 Å². The molecule has 1 aromatic carbocycles. The number of hydrogen-bond acceptors (Lipinski definition) is 10. The first-order valence-corrected chi connectivity index (χ1v) is 13.7. The number of primary amides is 1. The van der Waals surface area contributed by atoms with Crippen LogP contribution in [-0.4, -0.2) is 86.5 Å². The van der Waals surface area contributed by atoms with Crippen molar-refractivity contribution >= 4 is 23.2 Å². The molecular weight excluding hydrogens is 530 g/mol. The first-order chi connectivity index (χ1) is 19.4. The number of Topliss-reactive ketones (excluding diaryl/α,β-unsaturated/α-hetero) is 2. The lowest BCUT2D eigenvalue weighted by Crippen LogP contribution is -2.65. The van der Waals surface area contributed by atoms with Gasteiger partial charge in [-0.05, 0) is 69.2 Å². The fourth-order valence-corrected chi connectivity index (χ4v) is 6.85. The number of carbonyl (C=O) groups excluding carboxylic acids is 3. The summed E-state index contributed by atoms with van der Waals surface area (Å²) in [6.45, 7) is 5.80. The molecule has 0 radical (unpaired) electrons. The number of phenolic OH excluding ortho intramolecular Hbond substituents is 1. The molecule has 5 rings (SSSR count). The number of aliphatic hydroxyl groups excluding tert-OH is 2. The number of aliphatic hydroxyl groups is 3. The Kier molecular flexibility index (Phi) is 7.09. The van der Waals surface area contributed by atoms with E-state index in [1.807, 2.05) is 19.9 Å². The maximum atomic E-state index is 14.1. The Morgan fingerprint density at radius 2 is 1.85 bits per heavy atom. The predicted molar refractivity (Wildman–Crippen MR) is 149 cm³/mol. The molecule has 1 aromatic heterocycles. The summed E-state index contributed by atoms with van der Waals surface area (Å²) >= 11 is 0. The van der Waals surface area contributed by atoms with Crippen LogP contribution in [0.4, 0.5) is 0 Å². The van der Waals surface area contributed by atoms with Crippen molar-refractivity contribution in [2.45, 2.75) is 44.9 Å². The quantitative estimate of drug-likeness (QED) is 0.312. The average Bonchev–Trinajstić information content (AvgIpc) is 3.45. The number of carbonyl (C=O) groups is 3. The van der Waals surface area contributed by atoms with Gasteiger partial charge in [-0.15, -0.1) is 0 Å². The van der Waals surface area contributed by atoms with Crippen molar-refractivity contribution in [1.82, 2.24) is 9.80 Å². The van der Waals surface area contributed by atoms with Crippen molar-refractivity contribution in [3.05, 3.63) is 58.3 Å². The van der Waals surface area contributed by atoms with Crippen LogP contribution in [0.15, 0.2) is 46.0 Å². The molecule has 1 saturated carbocycles. The number of furan rings is 1. The van der Waals surface area contributed by atoms with Gasteiger partial charge in [0.1, 0.15) is 22.8 Å². The van der Waals surface area contributed by atoms with E-state index < -0.39 is 58.0 Å². The Balaban J connectivity index is 1.76. The molecule has 0 bridgehead atoms. The summed E-state index contributed by atoms with van der Waals surface area (Å²) in [5.41, 5.74) is 4.35. The van der Waals surface area contributed by atoms with Gasteiger partial charge in [-0.1, -0.05) is 13.8 Å². The Hall–Kier alpha value is -3.93. The zero-order chi connectivity index (χ0) is 30.0. The van der Waals surface area contributed by atoms with Gasteiger partial charge in [-0.25, -0.2) is 0 Å². The van der Waals surface area contributed by atoms with Crippen LogP contribution in [-0.2, 0) is 27.3 Å². The van der Waals surface area contributed by atoms with Crippen LogP contribution < -0.4 is 5.73 Å². The summed E-state index contributed by atoms with van der Waals surface area (Å²) < 4.78 is 5.33. The van der Waals surface area contributed by atoms with Gasteiger partial charge >= 0.3 is 0 Å². The van der Waals surface area contributed by atoms with E-state index in [1.54, 1.807) is 26.4 Å². The van der Waals surface area contributed by atoms with Crippen molar-refractivity contribution < 1.29 is 39.2 Å². The standard InChI is InChI=1S/C30H35N3O8/c1-5-33(6-2)12-16-10-17(14-7-8-41-13-14)18-9-15-11-19-23(32(3)4)26(36)22(29(31)39)28(38)30(19,40)27(37)20(15)25(35)21(18)24(16)34/h7-8,10,13,15,19,23,34-35,38,40H,5-6,9,11-12H2,1-4H3,(H2,31,39)/t15-,19-,23-,30-/m1/s1. The number of ketones is 2. The molecule has 218 valence electrons. The lowest BCUT2D eigenvalue weighted by Gasteiger charge is -2.50. The number of fused-ring (bicyclic) bond motifs is 3. The number of nitrogens with zero attached hydrogens (tertiary/aromatic N) is 2. The normalized spacial score (nSPS) is 26.0. The minimum atomic E-state index is -2.67. The molecule has 3 aliphatic carbocycles. The highest BCUT2D eigenvalue weighted by atomic mass is 16.3. The minimum Gasteiger partial charge on any atom is -0.508 e. The number of aromatic hydroxyl groups is 1. The molecule has 41 heavy (non-hydrogen) atoms. The van der Waals surface area contributed by atoms with E-state index in [4.69, 9.17) is 10.2 Å². The molecular formula is C30H35N3O8. The van der Waals surface area contributed by atoms with Crippen molar-refractivity contribution in [1.29, 1.82) is 0 Å².